The second-order valence-corrected chi connectivity index (χ2v) is 7.57. The third kappa shape index (κ3) is 4.05. The first kappa shape index (κ1) is 19.2. The van der Waals surface area contributed by atoms with Crippen LogP contribution in [0.3, 0.4) is 0 Å². The Morgan fingerprint density at radius 3 is 2.70 bits per heavy atom. The number of rotatable bonds is 7. The zero-order valence-electron chi connectivity index (χ0n) is 16.2. The van der Waals surface area contributed by atoms with Crippen LogP contribution in [-0.2, 0) is 11.3 Å². The molecule has 0 spiro atoms. The maximum atomic E-state index is 12.8. The van der Waals surface area contributed by atoms with Gasteiger partial charge < -0.3 is 14.8 Å². The molecule has 1 aromatic heterocycles. The number of amides is 2. The van der Waals surface area contributed by atoms with Gasteiger partial charge in [0.1, 0.15) is 5.69 Å². The summed E-state index contributed by atoms with van der Waals surface area (Å²) in [6, 6.07) is 3.80. The summed E-state index contributed by atoms with van der Waals surface area (Å²) in [6.45, 7) is 7.10. The molecule has 0 saturated carbocycles. The summed E-state index contributed by atoms with van der Waals surface area (Å²) >= 11 is 0. The van der Waals surface area contributed by atoms with Gasteiger partial charge in [0.25, 0.3) is 5.91 Å². The molecule has 2 aliphatic rings. The molecule has 1 N–H and O–H groups in total. The molecule has 1 aromatic rings. The van der Waals surface area contributed by atoms with E-state index in [1.807, 2.05) is 42.4 Å². The van der Waals surface area contributed by atoms with Crippen LogP contribution in [0.4, 0.5) is 0 Å². The number of fused-ring (bicyclic) bond motifs is 1. The number of hydrogen-bond acceptors (Lipinski definition) is 4. The first-order valence-electron chi connectivity index (χ1n) is 9.54. The Morgan fingerprint density at radius 1 is 1.33 bits per heavy atom. The van der Waals surface area contributed by atoms with Gasteiger partial charge in [-0.2, -0.15) is 10.2 Å². The average molecular weight is 369 g/mol. The van der Waals surface area contributed by atoms with Crippen LogP contribution in [0.5, 0.6) is 0 Å². The molecule has 0 bridgehead atoms. The topological polar surface area (TPSA) is 79.1 Å². The number of nitrogens with zero attached hydrogens (tertiary/aromatic N) is 4. The highest BCUT2D eigenvalue weighted by Crippen LogP contribution is 2.38. The van der Waals surface area contributed by atoms with Crippen LogP contribution < -0.4 is 5.32 Å². The van der Waals surface area contributed by atoms with Crippen molar-refractivity contribution >= 4 is 11.8 Å². The summed E-state index contributed by atoms with van der Waals surface area (Å²) in [7, 11) is 0. The highest BCUT2D eigenvalue weighted by atomic mass is 16.2. The van der Waals surface area contributed by atoms with E-state index in [4.69, 9.17) is 6.42 Å². The SMILES string of the molecule is C#CCCC1(CCC(=O)N2CCn3c(C(=O)NC(C)C)ccc3C2C)N=N1. The quantitative estimate of drug-likeness (QED) is 0.750. The molecule has 0 aliphatic carbocycles. The Balaban J connectivity index is 1.62. The fourth-order valence-electron chi connectivity index (χ4n) is 3.65. The first-order valence-corrected chi connectivity index (χ1v) is 9.54. The predicted octanol–water partition coefficient (Wildman–Crippen LogP) is 2.89. The van der Waals surface area contributed by atoms with Crippen molar-refractivity contribution in [3.63, 3.8) is 0 Å². The molecule has 1 atom stereocenters. The lowest BCUT2D eigenvalue weighted by Crippen LogP contribution is -2.42. The highest BCUT2D eigenvalue weighted by Gasteiger charge is 2.40. The van der Waals surface area contributed by atoms with Crippen LogP contribution in [0.25, 0.3) is 0 Å². The molecule has 7 heteroatoms. The minimum absolute atomic E-state index is 0.0680. The van der Waals surface area contributed by atoms with Crippen molar-refractivity contribution in [2.45, 2.75) is 70.7 Å². The van der Waals surface area contributed by atoms with Crippen LogP contribution in [0.15, 0.2) is 22.4 Å². The molecule has 1 unspecified atom stereocenters. The van der Waals surface area contributed by atoms with Gasteiger partial charge in [-0.15, -0.1) is 12.3 Å². The van der Waals surface area contributed by atoms with E-state index < -0.39 is 5.66 Å². The van der Waals surface area contributed by atoms with E-state index in [0.29, 0.717) is 44.5 Å². The summed E-state index contributed by atoms with van der Waals surface area (Å²) in [5.41, 5.74) is 1.22. The molecule has 2 amide bonds. The van der Waals surface area contributed by atoms with Crippen molar-refractivity contribution in [3.05, 3.63) is 23.5 Å². The van der Waals surface area contributed by atoms with E-state index in [1.165, 1.54) is 0 Å². The summed E-state index contributed by atoms with van der Waals surface area (Å²) < 4.78 is 2.02. The molecular weight excluding hydrogens is 342 g/mol. The van der Waals surface area contributed by atoms with Crippen molar-refractivity contribution in [3.8, 4) is 12.3 Å². The molecule has 0 saturated heterocycles. The number of carbonyl (C=O) groups excluding carboxylic acids is 2. The lowest BCUT2D eigenvalue weighted by molar-refractivity contribution is -0.134. The fraction of sp³-hybridized carbons (Fsp3) is 0.600. The minimum atomic E-state index is -0.427. The third-order valence-corrected chi connectivity index (χ3v) is 5.24. The molecular formula is C20H27N5O2. The lowest BCUT2D eigenvalue weighted by atomic mass is 10.0. The largest absolute Gasteiger partial charge is 0.349 e. The maximum Gasteiger partial charge on any atom is 0.268 e. The molecule has 0 aromatic carbocycles. The van der Waals surface area contributed by atoms with Crippen LogP contribution in [0, 0.1) is 12.3 Å². The van der Waals surface area contributed by atoms with Crippen LogP contribution >= 0.6 is 0 Å². The van der Waals surface area contributed by atoms with Crippen molar-refractivity contribution in [2.75, 3.05) is 6.54 Å². The van der Waals surface area contributed by atoms with Gasteiger partial charge in [-0.3, -0.25) is 9.59 Å². The molecule has 3 rings (SSSR count). The second-order valence-electron chi connectivity index (χ2n) is 7.57. The van der Waals surface area contributed by atoms with E-state index >= 15 is 0 Å². The predicted molar refractivity (Wildman–Crippen MR) is 102 cm³/mol. The van der Waals surface area contributed by atoms with Gasteiger partial charge in [-0.1, -0.05) is 0 Å². The smallest absolute Gasteiger partial charge is 0.268 e. The second kappa shape index (κ2) is 7.55. The lowest BCUT2D eigenvalue weighted by Gasteiger charge is -2.35. The Hall–Kier alpha value is -2.62. The number of hydrogen-bond donors (Lipinski definition) is 1. The van der Waals surface area contributed by atoms with E-state index in [0.717, 1.165) is 5.69 Å². The van der Waals surface area contributed by atoms with Gasteiger partial charge in [0.15, 0.2) is 5.66 Å². The van der Waals surface area contributed by atoms with Gasteiger partial charge >= 0.3 is 0 Å². The van der Waals surface area contributed by atoms with Crippen molar-refractivity contribution < 1.29 is 9.59 Å². The molecule has 144 valence electrons. The Labute approximate surface area is 160 Å². The molecule has 3 heterocycles. The molecule has 2 aliphatic heterocycles. The van der Waals surface area contributed by atoms with Crippen LogP contribution in [0.1, 0.15) is 68.7 Å². The number of nitrogens with one attached hydrogen (secondary N) is 1. The summed E-state index contributed by atoms with van der Waals surface area (Å²) in [6.07, 6.45) is 7.66. The molecule has 0 radical (unpaired) electrons. The van der Waals surface area contributed by atoms with Crippen molar-refractivity contribution in [1.82, 2.24) is 14.8 Å². The van der Waals surface area contributed by atoms with E-state index in [-0.39, 0.29) is 23.9 Å². The number of carbonyl (C=O) groups is 2. The number of terminal acetylenes is 1. The highest BCUT2D eigenvalue weighted by molar-refractivity contribution is 5.93. The van der Waals surface area contributed by atoms with Gasteiger partial charge in [-0.05, 0) is 32.9 Å². The number of aromatic nitrogens is 1. The summed E-state index contributed by atoms with van der Waals surface area (Å²) in [5, 5.41) is 11.1. The van der Waals surface area contributed by atoms with Gasteiger partial charge in [0.05, 0.1) is 6.04 Å². The maximum absolute atomic E-state index is 12.8. The van der Waals surface area contributed by atoms with Gasteiger partial charge in [-0.25, -0.2) is 0 Å². The zero-order valence-corrected chi connectivity index (χ0v) is 16.2. The molecule has 7 nitrogen and oxygen atoms in total. The Morgan fingerprint density at radius 2 is 2.07 bits per heavy atom. The Bertz CT molecular complexity index is 796. The van der Waals surface area contributed by atoms with Crippen molar-refractivity contribution in [1.29, 1.82) is 0 Å². The molecule has 0 fully saturated rings. The van der Waals surface area contributed by atoms with E-state index in [9.17, 15) is 9.59 Å². The van der Waals surface area contributed by atoms with E-state index in [2.05, 4.69) is 21.5 Å². The van der Waals surface area contributed by atoms with Crippen molar-refractivity contribution in [2.24, 2.45) is 10.2 Å². The van der Waals surface area contributed by atoms with Gasteiger partial charge in [0, 0.05) is 50.5 Å². The summed E-state index contributed by atoms with van der Waals surface area (Å²) in [4.78, 5) is 27.0. The molecule has 27 heavy (non-hydrogen) atoms. The zero-order chi connectivity index (χ0) is 19.6. The third-order valence-electron chi connectivity index (χ3n) is 5.24. The van der Waals surface area contributed by atoms with E-state index in [1.54, 1.807) is 0 Å². The normalized spacial score (nSPS) is 19.5. The standard InChI is InChI=1S/C20H27N5O2/c1-5-6-10-20(22-23-20)11-9-18(26)24-12-13-25-16(15(24)4)7-8-17(25)19(27)21-14(2)3/h1,7-8,14-15H,6,9-13H2,2-4H3,(H,21,27). The Kier molecular flexibility index (Phi) is 5.36. The average Bonchev–Trinajstić information content (AvgIpc) is 3.26. The fourth-order valence-corrected chi connectivity index (χ4v) is 3.65. The van der Waals surface area contributed by atoms with Crippen LogP contribution in [-0.4, -0.2) is 39.5 Å². The monoisotopic (exact) mass is 369 g/mol. The first-order chi connectivity index (χ1) is 12.9. The minimum Gasteiger partial charge on any atom is -0.349 e. The van der Waals surface area contributed by atoms with Crippen LogP contribution in [0.2, 0.25) is 0 Å². The van der Waals surface area contributed by atoms with Gasteiger partial charge in [0.2, 0.25) is 5.91 Å². The summed E-state index contributed by atoms with van der Waals surface area (Å²) in [5.74, 6) is 2.63.